The number of ether oxygens (including phenoxy) is 1. The minimum atomic E-state index is 0.458. The summed E-state index contributed by atoms with van der Waals surface area (Å²) in [4.78, 5) is 0. The van der Waals surface area contributed by atoms with E-state index in [-0.39, 0.29) is 0 Å². The van der Waals surface area contributed by atoms with Gasteiger partial charge in [-0.3, -0.25) is 0 Å². The van der Waals surface area contributed by atoms with E-state index in [4.69, 9.17) is 4.74 Å². The molecule has 112 valence electrons. The molecule has 1 N–H and O–H groups in total. The number of rotatable bonds is 7. The minimum absolute atomic E-state index is 0.458. The topological polar surface area (TPSA) is 21.3 Å². The summed E-state index contributed by atoms with van der Waals surface area (Å²) in [6.07, 6.45) is 3.26. The van der Waals surface area contributed by atoms with Gasteiger partial charge in [-0.2, -0.15) is 0 Å². The summed E-state index contributed by atoms with van der Waals surface area (Å²) in [7, 11) is 1.70. The number of anilines is 1. The second-order valence-electron chi connectivity index (χ2n) is 5.44. The minimum Gasteiger partial charge on any atom is -0.497 e. The van der Waals surface area contributed by atoms with Crippen LogP contribution in [0.15, 0.2) is 48.5 Å². The fourth-order valence-corrected chi connectivity index (χ4v) is 2.48. The summed E-state index contributed by atoms with van der Waals surface area (Å²) in [5.41, 5.74) is 4.00. The quantitative estimate of drug-likeness (QED) is 0.796. The Morgan fingerprint density at radius 1 is 1.05 bits per heavy atom. The Balaban J connectivity index is 1.87. The summed E-state index contributed by atoms with van der Waals surface area (Å²) in [6, 6.07) is 17.4. The van der Waals surface area contributed by atoms with Gasteiger partial charge in [-0.25, -0.2) is 0 Å². The second kappa shape index (κ2) is 7.72. The van der Waals surface area contributed by atoms with Crippen LogP contribution in [0.4, 0.5) is 5.69 Å². The molecule has 1 atom stereocenters. The lowest BCUT2D eigenvalue weighted by atomic mass is 10.0. The third-order valence-corrected chi connectivity index (χ3v) is 3.83. The average Bonchev–Trinajstić information content (AvgIpc) is 2.54. The van der Waals surface area contributed by atoms with E-state index in [1.807, 2.05) is 12.1 Å². The van der Waals surface area contributed by atoms with Gasteiger partial charge in [0.05, 0.1) is 7.11 Å². The number of hydrogen-bond acceptors (Lipinski definition) is 2. The van der Waals surface area contributed by atoms with Crippen molar-refractivity contribution < 1.29 is 4.74 Å². The Hall–Kier alpha value is -1.96. The molecule has 0 spiro atoms. The number of para-hydroxylation sites is 1. The number of aryl methyl sites for hydroxylation is 2. The van der Waals surface area contributed by atoms with Gasteiger partial charge in [0.2, 0.25) is 0 Å². The molecule has 21 heavy (non-hydrogen) atoms. The summed E-state index contributed by atoms with van der Waals surface area (Å²) in [6.45, 7) is 4.44. The van der Waals surface area contributed by atoms with Gasteiger partial charge in [0.25, 0.3) is 0 Å². The predicted octanol–water partition coefficient (Wildman–Crippen LogP) is 4.69. The van der Waals surface area contributed by atoms with Gasteiger partial charge >= 0.3 is 0 Å². The zero-order valence-corrected chi connectivity index (χ0v) is 13.2. The van der Waals surface area contributed by atoms with E-state index in [1.54, 1.807) is 7.11 Å². The fourth-order valence-electron chi connectivity index (χ4n) is 2.48. The standard InChI is InChI=1S/C19H25NO/c1-4-17-7-5-6-8-19(17)20-15(2)9-10-16-11-13-18(21-3)14-12-16/h5-8,11-15,20H,4,9-10H2,1-3H3. The van der Waals surface area contributed by atoms with Crippen molar-refractivity contribution in [3.05, 3.63) is 59.7 Å². The third kappa shape index (κ3) is 4.52. The first-order chi connectivity index (χ1) is 10.2. The monoisotopic (exact) mass is 283 g/mol. The zero-order chi connectivity index (χ0) is 15.1. The number of benzene rings is 2. The Labute approximate surface area is 128 Å². The summed E-state index contributed by atoms with van der Waals surface area (Å²) >= 11 is 0. The van der Waals surface area contributed by atoms with Gasteiger partial charge in [0.15, 0.2) is 0 Å². The largest absolute Gasteiger partial charge is 0.497 e. The molecule has 0 saturated carbocycles. The van der Waals surface area contributed by atoms with Gasteiger partial charge in [-0.15, -0.1) is 0 Å². The van der Waals surface area contributed by atoms with Crippen LogP contribution in [0.5, 0.6) is 5.75 Å². The van der Waals surface area contributed by atoms with Crippen LogP contribution in [0, 0.1) is 0 Å². The van der Waals surface area contributed by atoms with Crippen LogP contribution < -0.4 is 10.1 Å². The van der Waals surface area contributed by atoms with Crippen molar-refractivity contribution in [1.82, 2.24) is 0 Å². The maximum absolute atomic E-state index is 5.19. The highest BCUT2D eigenvalue weighted by Crippen LogP contribution is 2.18. The highest BCUT2D eigenvalue weighted by molar-refractivity contribution is 5.51. The van der Waals surface area contributed by atoms with E-state index in [2.05, 4.69) is 55.6 Å². The van der Waals surface area contributed by atoms with Crippen LogP contribution in [-0.4, -0.2) is 13.2 Å². The first-order valence-electron chi connectivity index (χ1n) is 7.70. The summed E-state index contributed by atoms with van der Waals surface area (Å²) in [5, 5.41) is 3.63. The molecule has 0 radical (unpaired) electrons. The molecule has 0 heterocycles. The van der Waals surface area contributed by atoms with Gasteiger partial charge in [0.1, 0.15) is 5.75 Å². The number of methoxy groups -OCH3 is 1. The van der Waals surface area contributed by atoms with Gasteiger partial charge < -0.3 is 10.1 Å². The lowest BCUT2D eigenvalue weighted by Crippen LogP contribution is -2.17. The molecule has 2 rings (SSSR count). The van der Waals surface area contributed by atoms with E-state index in [0.717, 1.165) is 25.0 Å². The van der Waals surface area contributed by atoms with Crippen molar-refractivity contribution in [2.75, 3.05) is 12.4 Å². The smallest absolute Gasteiger partial charge is 0.118 e. The molecule has 2 heteroatoms. The van der Waals surface area contributed by atoms with Crippen LogP contribution in [0.2, 0.25) is 0 Å². The molecule has 2 aromatic carbocycles. The lowest BCUT2D eigenvalue weighted by molar-refractivity contribution is 0.414. The van der Waals surface area contributed by atoms with E-state index in [0.29, 0.717) is 6.04 Å². The van der Waals surface area contributed by atoms with Crippen molar-refractivity contribution in [3.63, 3.8) is 0 Å². The van der Waals surface area contributed by atoms with Crippen LogP contribution >= 0.6 is 0 Å². The predicted molar refractivity (Wildman–Crippen MR) is 90.2 cm³/mol. The summed E-state index contributed by atoms with van der Waals surface area (Å²) in [5.74, 6) is 0.918. The molecule has 0 aliphatic carbocycles. The highest BCUT2D eigenvalue weighted by Gasteiger charge is 2.05. The maximum atomic E-state index is 5.19. The van der Waals surface area contributed by atoms with Crippen LogP contribution in [0.3, 0.4) is 0 Å². The average molecular weight is 283 g/mol. The van der Waals surface area contributed by atoms with Crippen molar-refractivity contribution in [2.24, 2.45) is 0 Å². The van der Waals surface area contributed by atoms with Gasteiger partial charge in [-0.1, -0.05) is 37.3 Å². The molecule has 1 unspecified atom stereocenters. The first-order valence-corrected chi connectivity index (χ1v) is 7.70. The van der Waals surface area contributed by atoms with Gasteiger partial charge in [0, 0.05) is 11.7 Å². The Morgan fingerprint density at radius 2 is 1.76 bits per heavy atom. The second-order valence-corrected chi connectivity index (χ2v) is 5.44. The molecule has 0 amide bonds. The Kier molecular flexibility index (Phi) is 5.68. The van der Waals surface area contributed by atoms with E-state index in [9.17, 15) is 0 Å². The fraction of sp³-hybridized carbons (Fsp3) is 0.368. The van der Waals surface area contributed by atoms with Crippen LogP contribution in [0.25, 0.3) is 0 Å². The molecule has 0 aliphatic heterocycles. The van der Waals surface area contributed by atoms with Crippen molar-refractivity contribution >= 4 is 5.69 Å². The normalized spacial score (nSPS) is 12.0. The van der Waals surface area contributed by atoms with Crippen molar-refractivity contribution in [1.29, 1.82) is 0 Å². The van der Waals surface area contributed by atoms with Crippen molar-refractivity contribution in [3.8, 4) is 5.75 Å². The molecular formula is C19H25NO. The number of hydrogen-bond donors (Lipinski definition) is 1. The van der Waals surface area contributed by atoms with E-state index in [1.165, 1.54) is 16.8 Å². The highest BCUT2D eigenvalue weighted by atomic mass is 16.5. The molecule has 0 saturated heterocycles. The van der Waals surface area contributed by atoms with E-state index >= 15 is 0 Å². The number of nitrogens with one attached hydrogen (secondary N) is 1. The third-order valence-electron chi connectivity index (χ3n) is 3.83. The van der Waals surface area contributed by atoms with Crippen LogP contribution in [-0.2, 0) is 12.8 Å². The molecule has 0 fully saturated rings. The molecule has 0 bridgehead atoms. The zero-order valence-electron chi connectivity index (χ0n) is 13.2. The molecule has 0 aromatic heterocycles. The van der Waals surface area contributed by atoms with Gasteiger partial charge in [-0.05, 0) is 55.5 Å². The Morgan fingerprint density at radius 3 is 2.43 bits per heavy atom. The van der Waals surface area contributed by atoms with E-state index < -0.39 is 0 Å². The summed E-state index contributed by atoms with van der Waals surface area (Å²) < 4.78 is 5.19. The maximum Gasteiger partial charge on any atom is 0.118 e. The molecule has 2 aromatic rings. The molecule has 0 aliphatic rings. The SMILES string of the molecule is CCc1ccccc1NC(C)CCc1ccc(OC)cc1. The molecule has 2 nitrogen and oxygen atoms in total. The first kappa shape index (κ1) is 15.4. The van der Waals surface area contributed by atoms with Crippen molar-refractivity contribution in [2.45, 2.75) is 39.2 Å². The molecular weight excluding hydrogens is 258 g/mol. The lowest BCUT2D eigenvalue weighted by Gasteiger charge is -2.17. The Bertz CT molecular complexity index is 548. The van der Waals surface area contributed by atoms with Crippen LogP contribution in [0.1, 0.15) is 31.4 Å².